The Morgan fingerprint density at radius 3 is 3.00 bits per heavy atom. The number of amides is 1. The molecule has 0 saturated heterocycles. The summed E-state index contributed by atoms with van der Waals surface area (Å²) in [4.78, 5) is 24.7. The minimum Gasteiger partial charge on any atom is -0.435 e. The second-order valence-corrected chi connectivity index (χ2v) is 8.19. The van der Waals surface area contributed by atoms with Gasteiger partial charge >= 0.3 is 6.16 Å². The Bertz CT molecular complexity index is 910. The highest BCUT2D eigenvalue weighted by Gasteiger charge is 2.27. The minimum atomic E-state index is -0.650. The second kappa shape index (κ2) is 9.53. The summed E-state index contributed by atoms with van der Waals surface area (Å²) in [5.74, 6) is -0.0763. The molecule has 0 spiro atoms. The van der Waals surface area contributed by atoms with E-state index < -0.39 is 6.16 Å². The van der Waals surface area contributed by atoms with Crippen LogP contribution in [-0.4, -0.2) is 25.3 Å². The van der Waals surface area contributed by atoms with E-state index in [1.54, 1.807) is 24.3 Å². The lowest BCUT2D eigenvalue weighted by atomic mass is 9.88. The third-order valence-corrected chi connectivity index (χ3v) is 6.26. The van der Waals surface area contributed by atoms with E-state index in [9.17, 15) is 14.9 Å². The van der Waals surface area contributed by atoms with Gasteiger partial charge in [0.05, 0.1) is 18.8 Å². The van der Waals surface area contributed by atoms with Gasteiger partial charge in [0.15, 0.2) is 0 Å². The monoisotopic (exact) mass is 416 g/mol. The van der Waals surface area contributed by atoms with Gasteiger partial charge in [-0.3, -0.25) is 4.79 Å². The van der Waals surface area contributed by atoms with Crippen LogP contribution in [0.4, 0.5) is 9.80 Å². The summed E-state index contributed by atoms with van der Waals surface area (Å²) in [5.41, 5.74) is 2.51. The molecule has 2 aromatic heterocycles. The number of hydrogen-bond acceptors (Lipinski definition) is 7. The first kappa shape index (κ1) is 20.1. The maximum Gasteiger partial charge on any atom is 0.508 e. The van der Waals surface area contributed by atoms with Crippen LogP contribution >= 0.6 is 22.7 Å². The van der Waals surface area contributed by atoms with E-state index in [0.717, 1.165) is 28.8 Å². The van der Waals surface area contributed by atoms with E-state index in [1.165, 1.54) is 17.4 Å². The highest BCUT2D eigenvalue weighted by atomic mass is 32.1. The zero-order chi connectivity index (χ0) is 19.9. The molecule has 2 aromatic rings. The Morgan fingerprint density at radius 1 is 1.43 bits per heavy atom. The lowest BCUT2D eigenvalue weighted by molar-refractivity contribution is -0.111. The molecular formula is C20H20N2O4S2. The molecule has 1 N–H and O–H groups in total. The van der Waals surface area contributed by atoms with Crippen LogP contribution < -0.4 is 5.32 Å². The highest BCUT2D eigenvalue weighted by molar-refractivity contribution is 7.16. The molecule has 6 nitrogen and oxygen atoms in total. The fourth-order valence-corrected chi connectivity index (χ4v) is 4.99. The Labute approximate surface area is 171 Å². The molecule has 0 aliphatic heterocycles. The lowest BCUT2D eigenvalue weighted by Crippen LogP contribution is -2.21. The van der Waals surface area contributed by atoms with Crippen molar-refractivity contribution in [1.82, 2.24) is 0 Å². The van der Waals surface area contributed by atoms with Crippen molar-refractivity contribution in [3.63, 3.8) is 0 Å². The largest absolute Gasteiger partial charge is 0.508 e. The molecule has 1 aliphatic rings. The van der Waals surface area contributed by atoms with E-state index >= 15 is 0 Å². The number of nitrogens with zero attached hydrogens (tertiary/aromatic N) is 1. The summed E-state index contributed by atoms with van der Waals surface area (Å²) in [6, 6.07) is 4.16. The summed E-state index contributed by atoms with van der Waals surface area (Å²) >= 11 is 2.99. The van der Waals surface area contributed by atoms with Crippen LogP contribution in [-0.2, 0) is 27.1 Å². The van der Waals surface area contributed by atoms with Crippen molar-refractivity contribution in [2.75, 3.05) is 18.5 Å². The molecular weight excluding hydrogens is 396 g/mol. The Kier molecular flexibility index (Phi) is 6.85. The molecule has 146 valence electrons. The quantitative estimate of drug-likeness (QED) is 0.549. The molecule has 1 atom stereocenters. The maximum absolute atomic E-state index is 12.2. The third kappa shape index (κ3) is 5.00. The van der Waals surface area contributed by atoms with E-state index in [4.69, 9.17) is 9.47 Å². The molecule has 0 radical (unpaired) electrons. The number of fused-ring (bicyclic) bond motifs is 1. The molecule has 0 fully saturated rings. The molecule has 1 amide bonds. The maximum atomic E-state index is 12.2. The van der Waals surface area contributed by atoms with Crippen molar-refractivity contribution < 1.29 is 19.1 Å². The van der Waals surface area contributed by atoms with Gasteiger partial charge < -0.3 is 14.8 Å². The molecule has 1 aliphatic carbocycles. The molecule has 28 heavy (non-hydrogen) atoms. The number of nitriles is 1. The number of carbonyl (C=O) groups is 2. The topological polar surface area (TPSA) is 88.4 Å². The molecule has 0 bridgehead atoms. The fraction of sp³-hybridized carbons (Fsp3) is 0.350. The van der Waals surface area contributed by atoms with Gasteiger partial charge in [-0.05, 0) is 66.1 Å². The fourth-order valence-electron chi connectivity index (χ4n) is 3.04. The van der Waals surface area contributed by atoms with E-state index in [2.05, 4.69) is 11.4 Å². The number of hydrogen-bond donors (Lipinski definition) is 1. The summed E-state index contributed by atoms with van der Waals surface area (Å²) in [6.45, 7) is 2.31. The lowest BCUT2D eigenvalue weighted by Gasteiger charge is -2.21. The molecule has 0 aromatic carbocycles. The Morgan fingerprint density at radius 2 is 2.29 bits per heavy atom. The number of thiophene rings is 2. The Hall–Kier alpha value is -2.63. The van der Waals surface area contributed by atoms with Gasteiger partial charge in [0.2, 0.25) is 5.91 Å². The summed E-state index contributed by atoms with van der Waals surface area (Å²) in [6.07, 6.45) is 4.83. The van der Waals surface area contributed by atoms with Gasteiger partial charge in [-0.25, -0.2) is 4.79 Å². The first-order valence-electron chi connectivity index (χ1n) is 8.96. The second-order valence-electron chi connectivity index (χ2n) is 6.30. The summed E-state index contributed by atoms with van der Waals surface area (Å²) in [7, 11) is 0. The molecule has 0 saturated carbocycles. The molecule has 3 rings (SSSR count). The van der Waals surface area contributed by atoms with Crippen LogP contribution in [0.5, 0.6) is 0 Å². The predicted molar refractivity (Wildman–Crippen MR) is 110 cm³/mol. The smallest absolute Gasteiger partial charge is 0.435 e. The van der Waals surface area contributed by atoms with Crippen molar-refractivity contribution in [2.45, 2.75) is 26.2 Å². The third-order valence-electron chi connectivity index (χ3n) is 4.39. The SMILES string of the molecule is CCOC(=O)OCC1CCc2c(sc(NC(=O)/C=C/c3ccsc3)c2C#N)C1. The van der Waals surface area contributed by atoms with Crippen molar-refractivity contribution in [2.24, 2.45) is 5.92 Å². The number of carbonyl (C=O) groups excluding carboxylic acids is 2. The number of ether oxygens (including phenoxy) is 2. The number of rotatable bonds is 6. The van der Waals surface area contributed by atoms with Crippen molar-refractivity contribution in [3.8, 4) is 6.07 Å². The van der Waals surface area contributed by atoms with Gasteiger partial charge in [0, 0.05) is 11.0 Å². The highest BCUT2D eigenvalue weighted by Crippen LogP contribution is 2.39. The van der Waals surface area contributed by atoms with Crippen LogP contribution in [0.25, 0.3) is 6.08 Å². The predicted octanol–water partition coefficient (Wildman–Crippen LogP) is 4.61. The Balaban J connectivity index is 1.64. The van der Waals surface area contributed by atoms with Gasteiger partial charge in [-0.2, -0.15) is 16.6 Å². The van der Waals surface area contributed by atoms with Crippen LogP contribution in [0, 0.1) is 17.2 Å². The number of anilines is 1. The van der Waals surface area contributed by atoms with Gasteiger partial charge in [-0.1, -0.05) is 0 Å². The van der Waals surface area contributed by atoms with Gasteiger partial charge in [-0.15, -0.1) is 11.3 Å². The van der Waals surface area contributed by atoms with Crippen LogP contribution in [0.2, 0.25) is 0 Å². The first-order valence-corrected chi connectivity index (χ1v) is 10.7. The van der Waals surface area contributed by atoms with E-state index in [1.807, 2.05) is 16.8 Å². The first-order chi connectivity index (χ1) is 13.6. The van der Waals surface area contributed by atoms with E-state index in [-0.39, 0.29) is 18.4 Å². The van der Waals surface area contributed by atoms with Gasteiger partial charge in [0.1, 0.15) is 11.1 Å². The normalized spacial score (nSPS) is 15.6. The number of nitrogens with one attached hydrogen (secondary N) is 1. The molecule has 1 unspecified atom stereocenters. The zero-order valence-electron chi connectivity index (χ0n) is 15.4. The summed E-state index contributed by atoms with van der Waals surface area (Å²) < 4.78 is 9.91. The minimum absolute atomic E-state index is 0.184. The van der Waals surface area contributed by atoms with E-state index in [0.29, 0.717) is 23.6 Å². The molecule has 8 heteroatoms. The average molecular weight is 417 g/mol. The van der Waals surface area contributed by atoms with Crippen molar-refractivity contribution in [1.29, 1.82) is 5.26 Å². The van der Waals surface area contributed by atoms with Crippen LogP contribution in [0.1, 0.15) is 34.9 Å². The molecule has 2 heterocycles. The zero-order valence-corrected chi connectivity index (χ0v) is 17.0. The van der Waals surface area contributed by atoms with Crippen LogP contribution in [0.3, 0.4) is 0 Å². The van der Waals surface area contributed by atoms with Crippen molar-refractivity contribution in [3.05, 3.63) is 44.5 Å². The summed E-state index contributed by atoms with van der Waals surface area (Å²) in [5, 5.41) is 16.9. The van der Waals surface area contributed by atoms with Crippen LogP contribution in [0.15, 0.2) is 22.9 Å². The standard InChI is InChI=1S/C20H20N2O4S2/c1-2-25-20(24)26-11-14-3-5-15-16(10-21)19(28-17(15)9-14)22-18(23)6-4-13-7-8-27-12-13/h4,6-8,12,14H,2-3,5,9,11H2,1H3,(H,22,23)/b6-4+. The average Bonchev–Trinajstić information content (AvgIpc) is 3.31. The van der Waals surface area contributed by atoms with Crippen molar-refractivity contribution >= 4 is 45.8 Å². The van der Waals surface area contributed by atoms with Gasteiger partial charge in [0.25, 0.3) is 0 Å².